The number of rotatable bonds is 1. The summed E-state index contributed by atoms with van der Waals surface area (Å²) in [5.74, 6) is 0.239. The Labute approximate surface area is 69.9 Å². The molecule has 0 saturated heterocycles. The molecule has 0 heterocycles. The third-order valence-electron chi connectivity index (χ3n) is 1.60. The zero-order valence-corrected chi connectivity index (χ0v) is 6.65. The summed E-state index contributed by atoms with van der Waals surface area (Å²) in [6.07, 6.45) is 0. The maximum Gasteiger partial charge on any atom is 0.170 e. The van der Waals surface area contributed by atoms with Crippen molar-refractivity contribution in [2.45, 2.75) is 6.92 Å². The second-order valence-corrected chi connectivity index (χ2v) is 2.49. The van der Waals surface area contributed by atoms with Crippen LogP contribution in [0.25, 0.3) is 0 Å². The molecule has 0 aliphatic rings. The minimum Gasteiger partial charge on any atom is -0.508 e. The second kappa shape index (κ2) is 3.13. The van der Waals surface area contributed by atoms with Gasteiger partial charge in [-0.15, -0.1) is 0 Å². The molecule has 0 spiro atoms. The molecule has 0 fully saturated rings. The normalized spacial score (nSPS) is 11.6. The van der Waals surface area contributed by atoms with Crippen molar-refractivity contribution in [3.05, 3.63) is 29.3 Å². The zero-order valence-electron chi connectivity index (χ0n) is 6.65. The van der Waals surface area contributed by atoms with Crippen LogP contribution >= 0.6 is 0 Å². The van der Waals surface area contributed by atoms with Crippen LogP contribution in [0.15, 0.2) is 23.4 Å². The molecule has 64 valence electrons. The Morgan fingerprint density at radius 2 is 2.17 bits per heavy atom. The van der Waals surface area contributed by atoms with Gasteiger partial charge < -0.3 is 16.0 Å². The number of amidine groups is 1. The molecule has 0 atom stereocenters. The Bertz CT molecular complexity index is 321. The van der Waals surface area contributed by atoms with Crippen LogP contribution in [-0.2, 0) is 0 Å². The van der Waals surface area contributed by atoms with Gasteiger partial charge in [-0.25, -0.2) is 0 Å². The Morgan fingerprint density at radius 1 is 1.50 bits per heavy atom. The maximum atomic E-state index is 9.16. The van der Waals surface area contributed by atoms with Crippen molar-refractivity contribution < 1.29 is 10.3 Å². The van der Waals surface area contributed by atoms with Crippen LogP contribution in [-0.4, -0.2) is 16.1 Å². The third-order valence-corrected chi connectivity index (χ3v) is 1.60. The summed E-state index contributed by atoms with van der Waals surface area (Å²) < 4.78 is 0. The lowest BCUT2D eigenvalue weighted by molar-refractivity contribution is 0.318. The molecule has 4 nitrogen and oxygen atoms in total. The van der Waals surface area contributed by atoms with E-state index >= 15 is 0 Å². The number of nitrogens with two attached hydrogens (primary N) is 1. The van der Waals surface area contributed by atoms with Crippen molar-refractivity contribution in [1.29, 1.82) is 0 Å². The molecule has 0 unspecified atom stereocenters. The van der Waals surface area contributed by atoms with Crippen LogP contribution in [0.5, 0.6) is 5.75 Å². The van der Waals surface area contributed by atoms with Gasteiger partial charge in [0.05, 0.1) is 0 Å². The average Bonchev–Trinajstić information content (AvgIpc) is 2.08. The van der Waals surface area contributed by atoms with E-state index in [0.29, 0.717) is 11.1 Å². The Kier molecular flexibility index (Phi) is 2.19. The summed E-state index contributed by atoms with van der Waals surface area (Å²) in [5, 5.41) is 20.3. The van der Waals surface area contributed by atoms with Crippen LogP contribution < -0.4 is 5.73 Å². The van der Waals surface area contributed by atoms with Crippen molar-refractivity contribution in [2.24, 2.45) is 10.9 Å². The van der Waals surface area contributed by atoms with Gasteiger partial charge >= 0.3 is 0 Å². The van der Waals surface area contributed by atoms with Crippen LogP contribution in [0.3, 0.4) is 0 Å². The third kappa shape index (κ3) is 1.47. The summed E-state index contributed by atoms with van der Waals surface area (Å²) in [5.41, 5.74) is 6.62. The van der Waals surface area contributed by atoms with E-state index in [1.807, 2.05) is 0 Å². The number of hydrogen-bond acceptors (Lipinski definition) is 3. The highest BCUT2D eigenvalue weighted by molar-refractivity contribution is 5.97. The van der Waals surface area contributed by atoms with E-state index in [1.165, 1.54) is 6.07 Å². The first-order chi connectivity index (χ1) is 5.65. The summed E-state index contributed by atoms with van der Waals surface area (Å²) in [4.78, 5) is 0. The highest BCUT2D eigenvalue weighted by Gasteiger charge is 2.01. The van der Waals surface area contributed by atoms with Crippen molar-refractivity contribution in [3.8, 4) is 5.75 Å². The van der Waals surface area contributed by atoms with Gasteiger partial charge in [0.15, 0.2) is 5.84 Å². The van der Waals surface area contributed by atoms with Crippen LogP contribution in [0, 0.1) is 6.92 Å². The quantitative estimate of drug-likeness (QED) is 0.250. The number of aromatic hydroxyl groups is 1. The number of benzene rings is 1. The predicted octanol–water partition coefficient (Wildman–Crippen LogP) is 0.795. The lowest BCUT2D eigenvalue weighted by Crippen LogP contribution is -2.12. The molecule has 1 aromatic rings. The van der Waals surface area contributed by atoms with Gasteiger partial charge in [-0.1, -0.05) is 5.16 Å². The van der Waals surface area contributed by atoms with Crippen molar-refractivity contribution >= 4 is 5.84 Å². The SMILES string of the molecule is Cc1cc(C(N)=NO)ccc1O. The van der Waals surface area contributed by atoms with Crippen LogP contribution in [0.2, 0.25) is 0 Å². The van der Waals surface area contributed by atoms with E-state index in [1.54, 1.807) is 19.1 Å². The molecule has 1 rings (SSSR count). The fourth-order valence-electron chi connectivity index (χ4n) is 0.873. The molecule has 0 bridgehead atoms. The Hall–Kier alpha value is -1.71. The summed E-state index contributed by atoms with van der Waals surface area (Å²) in [6.45, 7) is 1.74. The molecule has 0 radical (unpaired) electrons. The number of hydrogen-bond donors (Lipinski definition) is 3. The molecule has 0 aliphatic heterocycles. The van der Waals surface area contributed by atoms with E-state index in [9.17, 15) is 0 Å². The molecule has 12 heavy (non-hydrogen) atoms. The molecular weight excluding hydrogens is 156 g/mol. The molecule has 1 aromatic carbocycles. The van der Waals surface area contributed by atoms with E-state index in [-0.39, 0.29) is 11.6 Å². The summed E-state index contributed by atoms with van der Waals surface area (Å²) >= 11 is 0. The van der Waals surface area contributed by atoms with Gasteiger partial charge in [-0.2, -0.15) is 0 Å². The maximum absolute atomic E-state index is 9.16. The van der Waals surface area contributed by atoms with Gasteiger partial charge in [0.1, 0.15) is 5.75 Å². The number of phenols is 1. The van der Waals surface area contributed by atoms with E-state index < -0.39 is 0 Å². The van der Waals surface area contributed by atoms with Crippen LogP contribution in [0.1, 0.15) is 11.1 Å². The predicted molar refractivity (Wildman–Crippen MR) is 45.4 cm³/mol. The molecule has 4 heteroatoms. The highest BCUT2D eigenvalue weighted by atomic mass is 16.4. The summed E-state index contributed by atoms with van der Waals surface area (Å²) in [6, 6.07) is 4.73. The molecule has 0 aliphatic carbocycles. The minimum absolute atomic E-state index is 0.0399. The smallest absolute Gasteiger partial charge is 0.170 e. The Morgan fingerprint density at radius 3 is 2.67 bits per heavy atom. The highest BCUT2D eigenvalue weighted by Crippen LogP contribution is 2.16. The number of phenolic OH excluding ortho intramolecular Hbond substituents is 1. The largest absolute Gasteiger partial charge is 0.508 e. The van der Waals surface area contributed by atoms with Crippen molar-refractivity contribution in [2.75, 3.05) is 0 Å². The number of aryl methyl sites for hydroxylation is 1. The molecule has 0 aromatic heterocycles. The first kappa shape index (κ1) is 8.39. The van der Waals surface area contributed by atoms with Crippen LogP contribution in [0.4, 0.5) is 0 Å². The van der Waals surface area contributed by atoms with Crippen molar-refractivity contribution in [1.82, 2.24) is 0 Å². The zero-order chi connectivity index (χ0) is 9.14. The fraction of sp³-hybridized carbons (Fsp3) is 0.125. The van der Waals surface area contributed by atoms with E-state index in [2.05, 4.69) is 5.16 Å². The van der Waals surface area contributed by atoms with Crippen molar-refractivity contribution in [3.63, 3.8) is 0 Å². The standard InChI is InChI=1S/C8H10N2O2/c1-5-4-6(8(9)10-12)2-3-7(5)11/h2-4,11-12H,1H3,(H2,9,10). The lowest BCUT2D eigenvalue weighted by atomic mass is 10.1. The van der Waals surface area contributed by atoms with Gasteiger partial charge in [0.25, 0.3) is 0 Å². The van der Waals surface area contributed by atoms with E-state index in [4.69, 9.17) is 16.0 Å². The topological polar surface area (TPSA) is 78.8 Å². The lowest BCUT2D eigenvalue weighted by Gasteiger charge is -2.01. The van der Waals surface area contributed by atoms with Gasteiger partial charge in [0.2, 0.25) is 0 Å². The summed E-state index contributed by atoms with van der Waals surface area (Å²) in [7, 11) is 0. The number of oxime groups is 1. The fourth-order valence-corrected chi connectivity index (χ4v) is 0.873. The minimum atomic E-state index is 0.0399. The first-order valence-electron chi connectivity index (χ1n) is 3.42. The average molecular weight is 166 g/mol. The first-order valence-corrected chi connectivity index (χ1v) is 3.42. The second-order valence-electron chi connectivity index (χ2n) is 2.49. The number of nitrogens with zero attached hydrogens (tertiary/aromatic N) is 1. The Balaban J connectivity index is 3.13. The van der Waals surface area contributed by atoms with E-state index in [0.717, 1.165) is 0 Å². The molecule has 0 amide bonds. The monoisotopic (exact) mass is 166 g/mol. The van der Waals surface area contributed by atoms with Gasteiger partial charge in [-0.3, -0.25) is 0 Å². The molecule has 0 saturated carbocycles. The molecule has 4 N–H and O–H groups in total. The van der Waals surface area contributed by atoms with Gasteiger partial charge in [0, 0.05) is 5.56 Å². The molecular formula is C8H10N2O2. The van der Waals surface area contributed by atoms with Gasteiger partial charge in [-0.05, 0) is 30.7 Å².